The fraction of sp³-hybridized carbons (Fsp3) is 0.714. The number of nitrogens with zero attached hydrogens (tertiary/aromatic N) is 1. The van der Waals surface area contributed by atoms with Gasteiger partial charge < -0.3 is 15.7 Å². The summed E-state index contributed by atoms with van der Waals surface area (Å²) in [7, 11) is 0. The molecule has 3 N–H and O–H groups in total. The molecule has 0 saturated heterocycles. The number of urea groups is 1. The average molecular weight is 283 g/mol. The summed E-state index contributed by atoms with van der Waals surface area (Å²) < 4.78 is 0. The summed E-state index contributed by atoms with van der Waals surface area (Å²) in [4.78, 5) is 24.7. The third kappa shape index (κ3) is 7.00. The van der Waals surface area contributed by atoms with E-state index in [1.54, 1.807) is 0 Å². The summed E-state index contributed by atoms with van der Waals surface area (Å²) in [6.07, 6.45) is 5.02. The zero-order valence-electron chi connectivity index (χ0n) is 12.6. The monoisotopic (exact) mass is 283 g/mol. The van der Waals surface area contributed by atoms with Crippen molar-refractivity contribution < 1.29 is 14.7 Å². The van der Waals surface area contributed by atoms with E-state index in [9.17, 15) is 9.59 Å². The van der Waals surface area contributed by atoms with Gasteiger partial charge in [0.25, 0.3) is 0 Å². The van der Waals surface area contributed by atoms with E-state index >= 15 is 0 Å². The van der Waals surface area contributed by atoms with Crippen LogP contribution in [-0.2, 0) is 4.79 Å². The van der Waals surface area contributed by atoms with E-state index in [-0.39, 0.29) is 6.42 Å². The highest BCUT2D eigenvalue weighted by molar-refractivity contribution is 5.82. The number of carboxylic acids is 1. The maximum atomic E-state index is 11.6. The van der Waals surface area contributed by atoms with Gasteiger partial charge in [0.05, 0.1) is 0 Å². The van der Waals surface area contributed by atoms with Gasteiger partial charge in [-0.3, -0.25) is 4.90 Å². The van der Waals surface area contributed by atoms with Crippen molar-refractivity contribution in [3.8, 4) is 12.3 Å². The minimum absolute atomic E-state index is 0.0349. The lowest BCUT2D eigenvalue weighted by Crippen LogP contribution is -2.48. The molecule has 0 aromatic carbocycles. The van der Waals surface area contributed by atoms with Crippen molar-refractivity contribution >= 4 is 12.0 Å². The molecule has 20 heavy (non-hydrogen) atoms. The topological polar surface area (TPSA) is 81.7 Å². The van der Waals surface area contributed by atoms with Gasteiger partial charge in [0.1, 0.15) is 6.04 Å². The Kier molecular flexibility index (Phi) is 8.41. The minimum Gasteiger partial charge on any atom is -0.480 e. The number of hydrogen-bond acceptors (Lipinski definition) is 3. The first-order chi connectivity index (χ1) is 9.29. The first-order valence-electron chi connectivity index (χ1n) is 6.76. The van der Waals surface area contributed by atoms with Gasteiger partial charge in [0.15, 0.2) is 0 Å². The quantitative estimate of drug-likeness (QED) is 0.578. The molecule has 6 nitrogen and oxygen atoms in total. The highest BCUT2D eigenvalue weighted by atomic mass is 16.4. The van der Waals surface area contributed by atoms with Crippen LogP contribution < -0.4 is 10.6 Å². The van der Waals surface area contributed by atoms with Crippen LogP contribution in [0, 0.1) is 12.3 Å². The van der Waals surface area contributed by atoms with Crippen molar-refractivity contribution in [2.75, 3.05) is 13.1 Å². The number of carbonyl (C=O) groups is 2. The van der Waals surface area contributed by atoms with Crippen LogP contribution >= 0.6 is 0 Å². The number of carbonyl (C=O) groups excluding carboxylic acids is 1. The summed E-state index contributed by atoms with van der Waals surface area (Å²) in [6, 6.07) is -0.799. The van der Waals surface area contributed by atoms with Crippen LogP contribution in [0.15, 0.2) is 0 Å². The Bertz CT molecular complexity index is 353. The third-order valence-electron chi connectivity index (χ3n) is 2.91. The maximum Gasteiger partial charge on any atom is 0.327 e. The van der Waals surface area contributed by atoms with Gasteiger partial charge in [-0.05, 0) is 27.7 Å². The molecule has 6 heteroatoms. The first-order valence-corrected chi connectivity index (χ1v) is 6.76. The number of rotatable bonds is 8. The van der Waals surface area contributed by atoms with Crippen LogP contribution in [0.5, 0.6) is 0 Å². The Morgan fingerprint density at radius 3 is 2.20 bits per heavy atom. The van der Waals surface area contributed by atoms with E-state index in [1.165, 1.54) is 0 Å². The standard InChI is InChI=1S/C14H25N3O3/c1-6-7-12(13(18)19)16-14(20)15-8-9-17(10(2)3)11(4)5/h1,10-12H,7-9H2,2-5H3,(H,18,19)(H2,15,16,20). The molecule has 114 valence electrons. The predicted molar refractivity (Wildman–Crippen MR) is 78.4 cm³/mol. The van der Waals surface area contributed by atoms with E-state index < -0.39 is 18.0 Å². The van der Waals surface area contributed by atoms with Crippen molar-refractivity contribution in [1.29, 1.82) is 0 Å². The molecule has 0 rings (SSSR count). The summed E-state index contributed by atoms with van der Waals surface area (Å²) in [5.41, 5.74) is 0. The van der Waals surface area contributed by atoms with E-state index in [0.29, 0.717) is 25.2 Å². The largest absolute Gasteiger partial charge is 0.480 e. The lowest BCUT2D eigenvalue weighted by molar-refractivity contribution is -0.139. The van der Waals surface area contributed by atoms with E-state index in [0.717, 1.165) is 0 Å². The fourth-order valence-electron chi connectivity index (χ4n) is 1.94. The van der Waals surface area contributed by atoms with Gasteiger partial charge in [0.2, 0.25) is 0 Å². The molecule has 0 aromatic rings. The number of carboxylic acid groups (broad SMARTS) is 1. The smallest absolute Gasteiger partial charge is 0.327 e. The maximum absolute atomic E-state index is 11.6. The Hall–Kier alpha value is -1.74. The van der Waals surface area contributed by atoms with Crippen molar-refractivity contribution in [2.45, 2.75) is 52.2 Å². The minimum atomic E-state index is -1.14. The van der Waals surface area contributed by atoms with Crippen LogP contribution in [0.25, 0.3) is 0 Å². The van der Waals surface area contributed by atoms with E-state index in [1.807, 2.05) is 0 Å². The van der Waals surface area contributed by atoms with Gasteiger partial charge in [-0.15, -0.1) is 12.3 Å². The zero-order chi connectivity index (χ0) is 15.7. The highest BCUT2D eigenvalue weighted by Crippen LogP contribution is 2.03. The second-order valence-corrected chi connectivity index (χ2v) is 5.12. The fourth-order valence-corrected chi connectivity index (χ4v) is 1.94. The number of amides is 2. The van der Waals surface area contributed by atoms with Crippen LogP contribution in [0.3, 0.4) is 0 Å². The molecule has 0 aromatic heterocycles. The van der Waals surface area contributed by atoms with Crippen LogP contribution in [-0.4, -0.2) is 53.2 Å². The second-order valence-electron chi connectivity index (χ2n) is 5.12. The molecule has 1 atom stereocenters. The molecule has 0 aliphatic carbocycles. The Labute approximate surface area is 120 Å². The molecule has 0 radical (unpaired) electrons. The second kappa shape index (κ2) is 9.21. The first kappa shape index (κ1) is 18.3. The molecule has 0 aliphatic rings. The summed E-state index contributed by atoms with van der Waals surface area (Å²) >= 11 is 0. The average Bonchev–Trinajstić information content (AvgIpc) is 2.32. The molecular weight excluding hydrogens is 258 g/mol. The number of nitrogens with one attached hydrogen (secondary N) is 2. The summed E-state index contributed by atoms with van der Waals surface area (Å²) in [5.74, 6) is 1.09. The van der Waals surface area contributed by atoms with Crippen LogP contribution in [0.1, 0.15) is 34.1 Å². The Morgan fingerprint density at radius 1 is 1.25 bits per heavy atom. The van der Waals surface area contributed by atoms with E-state index in [4.69, 9.17) is 11.5 Å². The lowest BCUT2D eigenvalue weighted by Gasteiger charge is -2.30. The van der Waals surface area contributed by atoms with Gasteiger partial charge >= 0.3 is 12.0 Å². The molecule has 0 heterocycles. The van der Waals surface area contributed by atoms with Crippen molar-refractivity contribution in [2.24, 2.45) is 0 Å². The number of hydrogen-bond donors (Lipinski definition) is 3. The van der Waals surface area contributed by atoms with Crippen molar-refractivity contribution in [3.05, 3.63) is 0 Å². The summed E-state index contributed by atoms with van der Waals surface area (Å²) in [5, 5.41) is 13.8. The van der Waals surface area contributed by atoms with Gasteiger partial charge in [-0.25, -0.2) is 9.59 Å². The number of terminal acetylenes is 1. The van der Waals surface area contributed by atoms with E-state index in [2.05, 4.69) is 49.1 Å². The molecular formula is C14H25N3O3. The highest BCUT2D eigenvalue weighted by Gasteiger charge is 2.19. The molecule has 0 bridgehead atoms. The SMILES string of the molecule is C#CCC(NC(=O)NCCN(C(C)C)C(C)C)C(=O)O. The van der Waals surface area contributed by atoms with Gasteiger partial charge in [0, 0.05) is 31.6 Å². The number of aliphatic carboxylic acids is 1. The summed E-state index contributed by atoms with van der Waals surface area (Å²) in [6.45, 7) is 9.52. The van der Waals surface area contributed by atoms with Crippen LogP contribution in [0.2, 0.25) is 0 Å². The zero-order valence-corrected chi connectivity index (χ0v) is 12.6. The van der Waals surface area contributed by atoms with Crippen molar-refractivity contribution in [1.82, 2.24) is 15.5 Å². The Morgan fingerprint density at radius 2 is 1.80 bits per heavy atom. The van der Waals surface area contributed by atoms with Crippen molar-refractivity contribution in [3.63, 3.8) is 0 Å². The third-order valence-corrected chi connectivity index (χ3v) is 2.91. The Balaban J connectivity index is 4.16. The van der Waals surface area contributed by atoms with Crippen LogP contribution in [0.4, 0.5) is 4.79 Å². The normalized spacial score (nSPS) is 12.3. The van der Waals surface area contributed by atoms with Gasteiger partial charge in [-0.2, -0.15) is 0 Å². The molecule has 1 unspecified atom stereocenters. The molecule has 0 fully saturated rings. The molecule has 0 aliphatic heterocycles. The molecule has 0 saturated carbocycles. The predicted octanol–water partition coefficient (Wildman–Crippen LogP) is 0.881. The molecule has 2 amide bonds. The van der Waals surface area contributed by atoms with Gasteiger partial charge in [-0.1, -0.05) is 0 Å². The molecule has 0 spiro atoms. The lowest BCUT2D eigenvalue weighted by atomic mass is 10.2.